The summed E-state index contributed by atoms with van der Waals surface area (Å²) in [6.45, 7) is 29.2. The van der Waals surface area contributed by atoms with Gasteiger partial charge in [-0.25, -0.2) is 9.97 Å². The van der Waals surface area contributed by atoms with Crippen LogP contribution in [0.3, 0.4) is 0 Å². The molecule has 0 aliphatic heterocycles. The van der Waals surface area contributed by atoms with Gasteiger partial charge in [0.05, 0.1) is 25.0 Å². The number of hydrogen-bond acceptors (Lipinski definition) is 4. The van der Waals surface area contributed by atoms with Crippen molar-refractivity contribution >= 4 is 24.4 Å². The first-order valence-electron chi connectivity index (χ1n) is 20.8. The third-order valence-electron chi connectivity index (χ3n) is 11.4. The quantitative estimate of drug-likeness (QED) is 0.156. The standard InChI is InChI=1S/C52H60N4OSi/c1-32(2)40-20-17-21-41(33(3)4)47(40)56-49(43-29-38(51(5,6)7)30-44(48(43)57)52(8,9)10)55-46-42(24-25-53-50(46)56)36-26-35(34-18-15-14-16-19-34)27-37(28-36)45-23-22-39(31-54-45)58(11,12)13/h14-33,57H,1-13H3. The lowest BCUT2D eigenvalue weighted by Gasteiger charge is -2.28. The van der Waals surface area contributed by atoms with E-state index < -0.39 is 8.07 Å². The van der Waals surface area contributed by atoms with Crippen LogP contribution in [0.2, 0.25) is 19.6 Å². The molecule has 0 unspecified atom stereocenters. The highest BCUT2D eigenvalue weighted by Gasteiger charge is 2.30. The lowest BCUT2D eigenvalue weighted by atomic mass is 9.79. The van der Waals surface area contributed by atoms with Crippen LogP contribution in [0.25, 0.3) is 61.8 Å². The summed E-state index contributed by atoms with van der Waals surface area (Å²) >= 11 is 0. The van der Waals surface area contributed by atoms with Gasteiger partial charge in [-0.15, -0.1) is 0 Å². The molecule has 0 aliphatic carbocycles. The Morgan fingerprint density at radius 3 is 1.83 bits per heavy atom. The second kappa shape index (κ2) is 15.1. The molecule has 3 aromatic heterocycles. The fourth-order valence-corrected chi connectivity index (χ4v) is 8.95. The van der Waals surface area contributed by atoms with E-state index in [1.807, 2.05) is 6.20 Å². The summed E-state index contributed by atoms with van der Waals surface area (Å²) in [5.74, 6) is 1.40. The fourth-order valence-electron chi connectivity index (χ4n) is 7.91. The third kappa shape index (κ3) is 7.79. The lowest BCUT2D eigenvalue weighted by Crippen LogP contribution is -2.37. The summed E-state index contributed by atoms with van der Waals surface area (Å²) in [5.41, 5.74) is 13.5. The number of nitrogens with zero attached hydrogens (tertiary/aromatic N) is 4. The average molecular weight is 785 g/mol. The van der Waals surface area contributed by atoms with Crippen LogP contribution in [0.4, 0.5) is 0 Å². The number of rotatable bonds is 8. The normalized spacial score (nSPS) is 12.6. The van der Waals surface area contributed by atoms with Crippen molar-refractivity contribution in [2.45, 2.75) is 112 Å². The van der Waals surface area contributed by atoms with E-state index >= 15 is 0 Å². The SMILES string of the molecule is CC(C)c1cccc(C(C)C)c1-n1c(-c2cc(C(C)(C)C)cc(C(C)(C)C)c2O)nc2c(-c3cc(-c4ccccc4)cc(-c4ccc([Si](C)(C)C)cn4)c3)ccnc21. The monoisotopic (exact) mass is 784 g/mol. The van der Waals surface area contributed by atoms with Crippen LogP contribution < -0.4 is 5.19 Å². The maximum Gasteiger partial charge on any atom is 0.165 e. The molecule has 7 rings (SSSR count). The maximum absolute atomic E-state index is 12.4. The van der Waals surface area contributed by atoms with Gasteiger partial charge in [-0.3, -0.25) is 9.55 Å². The van der Waals surface area contributed by atoms with Crippen molar-refractivity contribution in [3.8, 4) is 56.3 Å². The van der Waals surface area contributed by atoms with Crippen LogP contribution in [0.1, 0.15) is 103 Å². The Kier molecular flexibility index (Phi) is 10.6. The van der Waals surface area contributed by atoms with Crippen molar-refractivity contribution in [1.82, 2.24) is 19.5 Å². The molecule has 0 bridgehead atoms. The van der Waals surface area contributed by atoms with Crippen molar-refractivity contribution in [1.29, 1.82) is 0 Å². The Labute approximate surface area is 347 Å². The second-order valence-electron chi connectivity index (χ2n) is 19.7. The summed E-state index contributed by atoms with van der Waals surface area (Å²) in [6.07, 6.45) is 3.98. The summed E-state index contributed by atoms with van der Waals surface area (Å²) in [4.78, 5) is 15.8. The van der Waals surface area contributed by atoms with Gasteiger partial charge in [0.1, 0.15) is 11.3 Å². The van der Waals surface area contributed by atoms with Crippen LogP contribution in [0, 0.1) is 0 Å². The molecule has 6 heteroatoms. The van der Waals surface area contributed by atoms with E-state index in [1.165, 1.54) is 16.3 Å². The largest absolute Gasteiger partial charge is 0.507 e. The molecule has 0 radical (unpaired) electrons. The van der Waals surface area contributed by atoms with Crippen LogP contribution in [0.5, 0.6) is 5.75 Å². The third-order valence-corrected chi connectivity index (χ3v) is 13.4. The molecule has 4 aromatic carbocycles. The van der Waals surface area contributed by atoms with Crippen LogP contribution >= 0.6 is 0 Å². The number of fused-ring (bicyclic) bond motifs is 1. The van der Waals surface area contributed by atoms with E-state index in [0.29, 0.717) is 11.4 Å². The van der Waals surface area contributed by atoms with Gasteiger partial charge < -0.3 is 5.11 Å². The van der Waals surface area contributed by atoms with Gasteiger partial charge in [-0.05, 0) is 97.6 Å². The number of para-hydroxylation sites is 1. The zero-order valence-electron chi connectivity index (χ0n) is 36.8. The summed E-state index contributed by atoms with van der Waals surface area (Å²) in [7, 11) is -1.53. The van der Waals surface area contributed by atoms with E-state index in [9.17, 15) is 5.11 Å². The summed E-state index contributed by atoms with van der Waals surface area (Å²) < 4.78 is 2.25. The minimum absolute atomic E-state index is 0.169. The Balaban J connectivity index is 1.60. The van der Waals surface area contributed by atoms with E-state index in [1.54, 1.807) is 0 Å². The van der Waals surface area contributed by atoms with Crippen molar-refractivity contribution in [2.75, 3.05) is 0 Å². The number of aromatic hydroxyl groups is 1. The molecule has 5 nitrogen and oxygen atoms in total. The molecule has 0 amide bonds. The minimum Gasteiger partial charge on any atom is -0.507 e. The number of phenols is 1. The lowest BCUT2D eigenvalue weighted by molar-refractivity contribution is 0.446. The molecular formula is C52H60N4OSi. The Morgan fingerprint density at radius 1 is 0.621 bits per heavy atom. The van der Waals surface area contributed by atoms with Gasteiger partial charge in [0.2, 0.25) is 0 Å². The van der Waals surface area contributed by atoms with Crippen LogP contribution in [-0.2, 0) is 10.8 Å². The maximum atomic E-state index is 12.4. The number of pyridine rings is 2. The molecule has 0 aliphatic rings. The second-order valence-corrected chi connectivity index (χ2v) is 24.7. The molecule has 0 saturated heterocycles. The topological polar surface area (TPSA) is 63.8 Å². The number of aromatic nitrogens is 4. The highest BCUT2D eigenvalue weighted by atomic mass is 28.3. The molecule has 7 aromatic rings. The van der Waals surface area contributed by atoms with Gasteiger partial charge in [0.25, 0.3) is 0 Å². The molecule has 0 saturated carbocycles. The first-order valence-corrected chi connectivity index (χ1v) is 24.3. The molecule has 0 atom stereocenters. The number of hydrogen-bond donors (Lipinski definition) is 1. The molecule has 0 fully saturated rings. The highest BCUT2D eigenvalue weighted by Crippen LogP contribution is 2.46. The average Bonchev–Trinajstić information content (AvgIpc) is 3.55. The fraction of sp³-hybridized carbons (Fsp3) is 0.327. The Morgan fingerprint density at radius 2 is 1.26 bits per heavy atom. The summed E-state index contributed by atoms with van der Waals surface area (Å²) in [6, 6.07) is 34.8. The van der Waals surface area contributed by atoms with Crippen molar-refractivity contribution in [3.63, 3.8) is 0 Å². The molecular weight excluding hydrogens is 725 g/mol. The number of phenolic OH excluding ortho intramolecular Hbond substituents is 1. The number of imidazole rings is 1. The minimum atomic E-state index is -1.53. The smallest absolute Gasteiger partial charge is 0.165 e. The van der Waals surface area contributed by atoms with Crippen molar-refractivity contribution < 1.29 is 5.11 Å². The predicted molar refractivity (Wildman–Crippen MR) is 249 cm³/mol. The van der Waals surface area contributed by atoms with Gasteiger partial charge >= 0.3 is 0 Å². The zero-order chi connectivity index (χ0) is 41.9. The first kappa shape index (κ1) is 40.8. The van der Waals surface area contributed by atoms with Gasteiger partial charge in [-0.1, -0.05) is 150 Å². The van der Waals surface area contributed by atoms with E-state index in [-0.39, 0.29) is 28.4 Å². The first-order chi connectivity index (χ1) is 27.2. The van der Waals surface area contributed by atoms with Crippen molar-refractivity contribution in [3.05, 3.63) is 132 Å². The predicted octanol–water partition coefficient (Wildman–Crippen LogP) is 13.6. The highest BCUT2D eigenvalue weighted by molar-refractivity contribution is 6.88. The molecule has 58 heavy (non-hydrogen) atoms. The van der Waals surface area contributed by atoms with Gasteiger partial charge in [-0.2, -0.15) is 0 Å². The number of benzene rings is 4. The van der Waals surface area contributed by atoms with Crippen LogP contribution in [0.15, 0.2) is 109 Å². The molecule has 3 heterocycles. The van der Waals surface area contributed by atoms with Gasteiger partial charge in [0, 0.05) is 29.1 Å². The molecule has 0 spiro atoms. The zero-order valence-corrected chi connectivity index (χ0v) is 37.8. The van der Waals surface area contributed by atoms with Gasteiger partial charge in [0.15, 0.2) is 11.5 Å². The Bertz CT molecular complexity index is 2590. The molecule has 298 valence electrons. The van der Waals surface area contributed by atoms with Crippen molar-refractivity contribution in [2.24, 2.45) is 0 Å². The Hall–Kier alpha value is -5.33. The van der Waals surface area contributed by atoms with E-state index in [0.717, 1.165) is 61.5 Å². The van der Waals surface area contributed by atoms with Crippen LogP contribution in [-0.4, -0.2) is 32.7 Å². The van der Waals surface area contributed by atoms with E-state index in [2.05, 4.69) is 197 Å². The van der Waals surface area contributed by atoms with E-state index in [4.69, 9.17) is 15.0 Å². The summed E-state index contributed by atoms with van der Waals surface area (Å²) in [5, 5.41) is 13.8. The molecule has 1 N–H and O–H groups in total.